The van der Waals surface area contributed by atoms with E-state index < -0.39 is 5.82 Å². The van der Waals surface area contributed by atoms with Gasteiger partial charge in [-0.2, -0.15) is 19.6 Å². The standard InChI is InChI=1S/C12H8Cl2FN5/c1-6-10(14)19-12-16-5-17-20(12)11(6)18-9-4-7(13)2-3-8(9)15/h2-5,18H,1H3. The van der Waals surface area contributed by atoms with Crippen molar-refractivity contribution in [3.05, 3.63) is 46.1 Å². The summed E-state index contributed by atoms with van der Waals surface area (Å²) in [5.74, 6) is 0.374. The van der Waals surface area contributed by atoms with E-state index in [0.717, 1.165) is 0 Å². The fourth-order valence-corrected chi connectivity index (χ4v) is 2.10. The van der Waals surface area contributed by atoms with Crippen LogP contribution in [-0.2, 0) is 0 Å². The van der Waals surface area contributed by atoms with Crippen LogP contribution in [0.25, 0.3) is 5.78 Å². The van der Waals surface area contributed by atoms with Gasteiger partial charge in [-0.05, 0) is 25.1 Å². The number of halogens is 3. The predicted octanol–water partition coefficient (Wildman–Crippen LogP) is 3.62. The van der Waals surface area contributed by atoms with Crippen molar-refractivity contribution < 1.29 is 4.39 Å². The average Bonchev–Trinajstić information content (AvgIpc) is 2.86. The van der Waals surface area contributed by atoms with Crippen LogP contribution in [-0.4, -0.2) is 19.6 Å². The summed E-state index contributed by atoms with van der Waals surface area (Å²) in [7, 11) is 0. The lowest BCUT2D eigenvalue weighted by Gasteiger charge is -2.12. The van der Waals surface area contributed by atoms with E-state index in [9.17, 15) is 4.39 Å². The van der Waals surface area contributed by atoms with E-state index in [1.165, 1.54) is 29.0 Å². The fraction of sp³-hybridized carbons (Fsp3) is 0.0833. The first-order valence-electron chi connectivity index (χ1n) is 5.64. The summed E-state index contributed by atoms with van der Waals surface area (Å²) < 4.78 is 15.2. The Morgan fingerprint density at radius 1 is 1.30 bits per heavy atom. The Morgan fingerprint density at radius 3 is 2.90 bits per heavy atom. The summed E-state index contributed by atoms with van der Waals surface area (Å²) in [5, 5.41) is 7.65. The Hall–Kier alpha value is -1.92. The largest absolute Gasteiger partial charge is 0.337 e. The van der Waals surface area contributed by atoms with Gasteiger partial charge in [-0.1, -0.05) is 23.2 Å². The molecular formula is C12H8Cl2FN5. The maximum Gasteiger partial charge on any atom is 0.255 e. The van der Waals surface area contributed by atoms with E-state index >= 15 is 0 Å². The molecule has 0 atom stereocenters. The zero-order chi connectivity index (χ0) is 14.3. The van der Waals surface area contributed by atoms with Crippen LogP contribution in [0.4, 0.5) is 15.9 Å². The lowest BCUT2D eigenvalue weighted by molar-refractivity contribution is 0.631. The van der Waals surface area contributed by atoms with Crippen molar-refractivity contribution in [2.24, 2.45) is 0 Å². The molecule has 3 aromatic rings. The molecule has 0 unspecified atom stereocenters. The fourth-order valence-electron chi connectivity index (χ4n) is 1.77. The van der Waals surface area contributed by atoms with Crippen molar-refractivity contribution in [2.45, 2.75) is 6.92 Å². The molecule has 1 aromatic carbocycles. The van der Waals surface area contributed by atoms with Gasteiger partial charge in [0.15, 0.2) is 0 Å². The van der Waals surface area contributed by atoms with Crippen LogP contribution >= 0.6 is 23.2 Å². The second kappa shape index (κ2) is 4.88. The molecule has 2 aromatic heterocycles. The van der Waals surface area contributed by atoms with Gasteiger partial charge >= 0.3 is 0 Å². The Bertz CT molecular complexity index is 802. The molecule has 0 amide bonds. The minimum Gasteiger partial charge on any atom is -0.337 e. The number of hydrogen-bond acceptors (Lipinski definition) is 4. The first kappa shape index (κ1) is 13.1. The second-order valence-corrected chi connectivity index (χ2v) is 4.89. The molecule has 0 spiro atoms. The zero-order valence-electron chi connectivity index (χ0n) is 10.2. The van der Waals surface area contributed by atoms with Gasteiger partial charge in [-0.25, -0.2) is 4.39 Å². The number of nitrogens with one attached hydrogen (secondary N) is 1. The Morgan fingerprint density at radius 2 is 2.10 bits per heavy atom. The van der Waals surface area contributed by atoms with E-state index in [2.05, 4.69) is 20.4 Å². The van der Waals surface area contributed by atoms with E-state index in [1.807, 2.05) is 0 Å². The van der Waals surface area contributed by atoms with Crippen LogP contribution in [0.2, 0.25) is 10.2 Å². The maximum absolute atomic E-state index is 13.8. The number of rotatable bonds is 2. The van der Waals surface area contributed by atoms with Gasteiger partial charge in [-0.3, -0.25) is 0 Å². The maximum atomic E-state index is 13.8. The lowest BCUT2D eigenvalue weighted by Crippen LogP contribution is -2.06. The third kappa shape index (κ3) is 2.17. The van der Waals surface area contributed by atoms with Crippen molar-refractivity contribution in [2.75, 3.05) is 5.32 Å². The molecule has 0 aliphatic heterocycles. The van der Waals surface area contributed by atoms with Crippen LogP contribution in [0.5, 0.6) is 0 Å². The molecule has 2 heterocycles. The molecule has 20 heavy (non-hydrogen) atoms. The molecule has 3 rings (SSSR count). The summed E-state index contributed by atoms with van der Waals surface area (Å²) in [5.41, 5.74) is 0.851. The molecule has 1 N–H and O–H groups in total. The highest BCUT2D eigenvalue weighted by atomic mass is 35.5. The van der Waals surface area contributed by atoms with Gasteiger partial charge in [0.05, 0.1) is 5.69 Å². The second-order valence-electron chi connectivity index (χ2n) is 4.10. The first-order chi connectivity index (χ1) is 9.56. The molecule has 5 nitrogen and oxygen atoms in total. The number of benzene rings is 1. The number of aromatic nitrogens is 4. The molecular weight excluding hydrogens is 304 g/mol. The highest BCUT2D eigenvalue weighted by Gasteiger charge is 2.14. The van der Waals surface area contributed by atoms with Gasteiger partial charge in [-0.15, -0.1) is 0 Å². The van der Waals surface area contributed by atoms with Crippen LogP contribution in [0.3, 0.4) is 0 Å². The van der Waals surface area contributed by atoms with Crippen LogP contribution in [0.15, 0.2) is 24.5 Å². The summed E-state index contributed by atoms with van der Waals surface area (Å²) in [4.78, 5) is 8.03. The molecule has 0 bridgehead atoms. The molecule has 0 aliphatic rings. The molecule has 0 saturated carbocycles. The number of fused-ring (bicyclic) bond motifs is 1. The topological polar surface area (TPSA) is 55.1 Å². The molecule has 8 heteroatoms. The molecule has 0 saturated heterocycles. The van der Waals surface area contributed by atoms with Crippen molar-refractivity contribution >= 4 is 40.5 Å². The van der Waals surface area contributed by atoms with Crippen molar-refractivity contribution in [1.82, 2.24) is 19.6 Å². The first-order valence-corrected chi connectivity index (χ1v) is 6.40. The van der Waals surface area contributed by atoms with Crippen molar-refractivity contribution in [1.29, 1.82) is 0 Å². The lowest BCUT2D eigenvalue weighted by atomic mass is 10.3. The normalized spacial score (nSPS) is 11.0. The van der Waals surface area contributed by atoms with E-state index in [0.29, 0.717) is 22.2 Å². The van der Waals surface area contributed by atoms with Crippen LogP contribution < -0.4 is 5.32 Å². The van der Waals surface area contributed by atoms with Crippen molar-refractivity contribution in [3.8, 4) is 0 Å². The quantitative estimate of drug-likeness (QED) is 0.734. The van der Waals surface area contributed by atoms with Gasteiger partial charge < -0.3 is 5.32 Å². The van der Waals surface area contributed by atoms with Gasteiger partial charge in [0, 0.05) is 10.6 Å². The van der Waals surface area contributed by atoms with Crippen LogP contribution in [0.1, 0.15) is 5.56 Å². The Kier molecular flexibility index (Phi) is 3.19. The highest BCUT2D eigenvalue weighted by Crippen LogP contribution is 2.28. The van der Waals surface area contributed by atoms with Crippen LogP contribution in [0, 0.1) is 12.7 Å². The number of anilines is 2. The summed E-state index contributed by atoms with van der Waals surface area (Å²) in [6.45, 7) is 1.75. The predicted molar refractivity (Wildman–Crippen MR) is 75.2 cm³/mol. The molecule has 0 fully saturated rings. The van der Waals surface area contributed by atoms with Gasteiger partial charge in [0.2, 0.25) is 0 Å². The Balaban J connectivity index is 2.17. The highest BCUT2D eigenvalue weighted by molar-refractivity contribution is 6.31. The van der Waals surface area contributed by atoms with E-state index in [-0.39, 0.29) is 10.8 Å². The van der Waals surface area contributed by atoms with E-state index in [1.54, 1.807) is 6.92 Å². The van der Waals surface area contributed by atoms with Gasteiger partial charge in [0.25, 0.3) is 5.78 Å². The molecule has 0 aliphatic carbocycles. The molecule has 0 radical (unpaired) electrons. The van der Waals surface area contributed by atoms with Crippen molar-refractivity contribution in [3.63, 3.8) is 0 Å². The minimum atomic E-state index is -0.435. The summed E-state index contributed by atoms with van der Waals surface area (Å²) in [6, 6.07) is 4.23. The number of nitrogens with zero attached hydrogens (tertiary/aromatic N) is 4. The smallest absolute Gasteiger partial charge is 0.255 e. The summed E-state index contributed by atoms with van der Waals surface area (Å²) >= 11 is 11.9. The minimum absolute atomic E-state index is 0.222. The summed E-state index contributed by atoms with van der Waals surface area (Å²) in [6.07, 6.45) is 1.34. The SMILES string of the molecule is Cc1c(Cl)nc2ncnn2c1Nc1cc(Cl)ccc1F. The van der Waals surface area contributed by atoms with Gasteiger partial charge in [0.1, 0.15) is 23.1 Å². The molecule has 102 valence electrons. The zero-order valence-corrected chi connectivity index (χ0v) is 11.7. The third-order valence-electron chi connectivity index (χ3n) is 2.79. The third-order valence-corrected chi connectivity index (χ3v) is 3.39. The van der Waals surface area contributed by atoms with E-state index in [4.69, 9.17) is 23.2 Å². The number of hydrogen-bond donors (Lipinski definition) is 1. The Labute approximate surface area is 123 Å². The average molecular weight is 312 g/mol. The monoisotopic (exact) mass is 311 g/mol.